The minimum absolute atomic E-state index is 0.0462. The Morgan fingerprint density at radius 2 is 2.16 bits per heavy atom. The normalized spacial score (nSPS) is 19.7. The lowest BCUT2D eigenvalue weighted by Gasteiger charge is -2.27. The number of benzene rings is 1. The van der Waals surface area contributed by atoms with Crippen LogP contribution in [0.25, 0.3) is 0 Å². The monoisotopic (exact) mass is 264 g/mol. The molecule has 1 aromatic rings. The minimum Gasteiger partial charge on any atom is -0.371 e. The zero-order valence-corrected chi connectivity index (χ0v) is 12.5. The van der Waals surface area contributed by atoms with Crippen molar-refractivity contribution in [2.75, 3.05) is 24.5 Å². The van der Waals surface area contributed by atoms with Crippen LogP contribution in [-0.4, -0.2) is 19.6 Å². The van der Waals surface area contributed by atoms with Crippen molar-refractivity contribution in [1.29, 1.82) is 0 Å². The van der Waals surface area contributed by atoms with Crippen molar-refractivity contribution in [3.8, 4) is 0 Å². The van der Waals surface area contributed by atoms with Crippen LogP contribution in [0.15, 0.2) is 18.2 Å². The van der Waals surface area contributed by atoms with Crippen LogP contribution in [-0.2, 0) is 0 Å². The van der Waals surface area contributed by atoms with E-state index in [1.807, 2.05) is 19.1 Å². The molecule has 2 rings (SSSR count). The molecular weight excluding hydrogens is 239 g/mol. The molecule has 0 amide bonds. The largest absolute Gasteiger partial charge is 0.371 e. The molecule has 1 atom stereocenters. The van der Waals surface area contributed by atoms with Gasteiger partial charge in [0.05, 0.1) is 0 Å². The zero-order chi connectivity index (χ0) is 14.0. The first-order valence-corrected chi connectivity index (χ1v) is 7.21. The molecule has 0 aromatic heterocycles. The molecule has 0 aliphatic carbocycles. The van der Waals surface area contributed by atoms with Crippen LogP contribution in [0.5, 0.6) is 0 Å². The van der Waals surface area contributed by atoms with E-state index in [0.29, 0.717) is 5.41 Å². The van der Waals surface area contributed by atoms with Crippen LogP contribution in [0.1, 0.15) is 45.7 Å². The number of hydrogen-bond donors (Lipinski definition) is 1. The molecule has 0 bridgehead atoms. The Labute approximate surface area is 116 Å². The van der Waals surface area contributed by atoms with Crippen molar-refractivity contribution in [3.63, 3.8) is 0 Å². The summed E-state index contributed by atoms with van der Waals surface area (Å²) in [6, 6.07) is 5.48. The molecule has 0 radical (unpaired) electrons. The van der Waals surface area contributed by atoms with E-state index in [0.717, 1.165) is 30.9 Å². The summed E-state index contributed by atoms with van der Waals surface area (Å²) in [6.07, 6.45) is 1.17. The van der Waals surface area contributed by atoms with E-state index >= 15 is 0 Å². The van der Waals surface area contributed by atoms with Crippen LogP contribution in [0, 0.1) is 11.2 Å². The number of nitrogens with zero attached hydrogens (tertiary/aromatic N) is 1. The third-order valence-electron chi connectivity index (χ3n) is 3.99. The van der Waals surface area contributed by atoms with Gasteiger partial charge in [0.2, 0.25) is 0 Å². The van der Waals surface area contributed by atoms with Gasteiger partial charge in [-0.3, -0.25) is 0 Å². The van der Waals surface area contributed by atoms with Gasteiger partial charge < -0.3 is 10.2 Å². The lowest BCUT2D eigenvalue weighted by molar-refractivity contribution is 0.418. The second-order valence-corrected chi connectivity index (χ2v) is 6.29. The Bertz CT molecular complexity index is 442. The molecule has 1 fully saturated rings. The van der Waals surface area contributed by atoms with Crippen LogP contribution in [0.3, 0.4) is 0 Å². The lowest BCUT2D eigenvalue weighted by atomic mass is 9.93. The third-order valence-corrected chi connectivity index (χ3v) is 3.99. The number of anilines is 1. The Hall–Kier alpha value is -1.09. The van der Waals surface area contributed by atoms with Gasteiger partial charge in [-0.25, -0.2) is 4.39 Å². The highest BCUT2D eigenvalue weighted by atomic mass is 19.1. The summed E-state index contributed by atoms with van der Waals surface area (Å²) in [5, 5.41) is 3.32. The van der Waals surface area contributed by atoms with Gasteiger partial charge in [-0.05, 0) is 37.4 Å². The summed E-state index contributed by atoms with van der Waals surface area (Å²) < 4.78 is 14.2. The first kappa shape index (κ1) is 14.3. The Kier molecular flexibility index (Phi) is 4.14. The quantitative estimate of drug-likeness (QED) is 0.891. The fourth-order valence-corrected chi connectivity index (χ4v) is 2.96. The Morgan fingerprint density at radius 3 is 2.74 bits per heavy atom. The molecule has 1 aromatic carbocycles. The van der Waals surface area contributed by atoms with E-state index in [9.17, 15) is 4.39 Å². The summed E-state index contributed by atoms with van der Waals surface area (Å²) in [5.74, 6) is -0.101. The molecule has 19 heavy (non-hydrogen) atoms. The summed E-state index contributed by atoms with van der Waals surface area (Å²) in [6.45, 7) is 11.5. The minimum atomic E-state index is -0.101. The van der Waals surface area contributed by atoms with Crippen molar-refractivity contribution < 1.29 is 4.39 Å². The molecule has 1 N–H and O–H groups in total. The van der Waals surface area contributed by atoms with Crippen molar-refractivity contribution in [2.24, 2.45) is 5.41 Å². The summed E-state index contributed by atoms with van der Waals surface area (Å²) in [4.78, 5) is 2.33. The van der Waals surface area contributed by atoms with Gasteiger partial charge in [-0.1, -0.05) is 26.8 Å². The van der Waals surface area contributed by atoms with Crippen molar-refractivity contribution in [1.82, 2.24) is 5.32 Å². The standard InChI is InChI=1S/C16H25FN2/c1-5-18-12(2)15-13(17)7-6-8-14(15)19-10-9-16(3,4)11-19/h6-8,12,18H,5,9-11H2,1-4H3. The van der Waals surface area contributed by atoms with Crippen LogP contribution in [0.2, 0.25) is 0 Å². The molecule has 3 heteroatoms. The molecule has 0 spiro atoms. The van der Waals surface area contributed by atoms with Gasteiger partial charge in [0, 0.05) is 30.4 Å². The second kappa shape index (κ2) is 5.49. The smallest absolute Gasteiger partial charge is 0.130 e. The van der Waals surface area contributed by atoms with Gasteiger partial charge in [-0.2, -0.15) is 0 Å². The lowest BCUT2D eigenvalue weighted by Crippen LogP contribution is -2.27. The van der Waals surface area contributed by atoms with Crippen LogP contribution >= 0.6 is 0 Å². The highest BCUT2D eigenvalue weighted by Gasteiger charge is 2.31. The number of rotatable bonds is 4. The van der Waals surface area contributed by atoms with Gasteiger partial charge >= 0.3 is 0 Å². The van der Waals surface area contributed by atoms with Crippen LogP contribution in [0.4, 0.5) is 10.1 Å². The van der Waals surface area contributed by atoms with E-state index in [1.54, 1.807) is 6.07 Å². The maximum absolute atomic E-state index is 14.2. The van der Waals surface area contributed by atoms with Crippen molar-refractivity contribution in [3.05, 3.63) is 29.6 Å². The Morgan fingerprint density at radius 1 is 1.42 bits per heavy atom. The molecule has 0 saturated carbocycles. The molecule has 2 nitrogen and oxygen atoms in total. The first-order chi connectivity index (χ1) is 8.94. The maximum atomic E-state index is 14.2. The molecule has 1 saturated heterocycles. The van der Waals surface area contributed by atoms with Gasteiger partial charge in [0.15, 0.2) is 0 Å². The molecule has 106 valence electrons. The van der Waals surface area contributed by atoms with Crippen molar-refractivity contribution in [2.45, 2.75) is 40.2 Å². The number of nitrogens with one attached hydrogen (secondary N) is 1. The highest BCUT2D eigenvalue weighted by Crippen LogP contribution is 2.36. The Balaban J connectivity index is 2.33. The second-order valence-electron chi connectivity index (χ2n) is 6.29. The third kappa shape index (κ3) is 3.08. The maximum Gasteiger partial charge on any atom is 0.130 e. The SMILES string of the molecule is CCNC(C)c1c(F)cccc1N1CCC(C)(C)C1. The highest BCUT2D eigenvalue weighted by molar-refractivity contribution is 5.56. The van der Waals surface area contributed by atoms with E-state index in [-0.39, 0.29) is 11.9 Å². The predicted octanol–water partition coefficient (Wildman–Crippen LogP) is 3.73. The number of halogens is 1. The van der Waals surface area contributed by atoms with Crippen LogP contribution < -0.4 is 10.2 Å². The fraction of sp³-hybridized carbons (Fsp3) is 0.625. The van der Waals surface area contributed by atoms with E-state index < -0.39 is 0 Å². The van der Waals surface area contributed by atoms with E-state index in [4.69, 9.17) is 0 Å². The van der Waals surface area contributed by atoms with E-state index in [1.165, 1.54) is 6.42 Å². The first-order valence-electron chi connectivity index (χ1n) is 7.21. The number of hydrogen-bond acceptors (Lipinski definition) is 2. The topological polar surface area (TPSA) is 15.3 Å². The van der Waals surface area contributed by atoms with Gasteiger partial charge in [0.25, 0.3) is 0 Å². The predicted molar refractivity (Wildman–Crippen MR) is 79.1 cm³/mol. The molecular formula is C16H25FN2. The zero-order valence-electron chi connectivity index (χ0n) is 12.5. The summed E-state index contributed by atoms with van der Waals surface area (Å²) in [5.41, 5.74) is 2.19. The molecule has 1 aliphatic rings. The molecule has 1 aliphatic heterocycles. The molecule has 1 heterocycles. The van der Waals surface area contributed by atoms with Gasteiger partial charge in [-0.15, -0.1) is 0 Å². The van der Waals surface area contributed by atoms with Gasteiger partial charge in [0.1, 0.15) is 5.82 Å². The fourth-order valence-electron chi connectivity index (χ4n) is 2.96. The average Bonchev–Trinajstić information content (AvgIpc) is 2.69. The van der Waals surface area contributed by atoms with Crippen molar-refractivity contribution >= 4 is 5.69 Å². The summed E-state index contributed by atoms with van der Waals surface area (Å²) in [7, 11) is 0. The average molecular weight is 264 g/mol. The summed E-state index contributed by atoms with van der Waals surface area (Å²) >= 11 is 0. The van der Waals surface area contributed by atoms with E-state index in [2.05, 4.69) is 31.0 Å². The molecule has 1 unspecified atom stereocenters.